The van der Waals surface area contributed by atoms with Crippen LogP contribution in [0.1, 0.15) is 19.8 Å². The SMILES string of the molecule is CCC(CN)(CCOc1ccc(OC)cc1)C(=O)O. The molecule has 0 radical (unpaired) electrons. The minimum Gasteiger partial charge on any atom is -0.497 e. The summed E-state index contributed by atoms with van der Waals surface area (Å²) in [5, 5.41) is 9.24. The maximum absolute atomic E-state index is 11.3. The van der Waals surface area contributed by atoms with Crippen LogP contribution in [0.5, 0.6) is 11.5 Å². The van der Waals surface area contributed by atoms with E-state index in [0.29, 0.717) is 25.2 Å². The van der Waals surface area contributed by atoms with Crippen molar-refractivity contribution in [2.24, 2.45) is 11.1 Å². The first-order valence-electron chi connectivity index (χ1n) is 6.28. The van der Waals surface area contributed by atoms with Crippen molar-refractivity contribution in [1.82, 2.24) is 0 Å². The van der Waals surface area contributed by atoms with Crippen molar-refractivity contribution in [1.29, 1.82) is 0 Å². The highest BCUT2D eigenvalue weighted by molar-refractivity contribution is 5.74. The molecule has 1 unspecified atom stereocenters. The largest absolute Gasteiger partial charge is 0.497 e. The zero-order chi connectivity index (χ0) is 14.3. The molecule has 0 fully saturated rings. The molecule has 0 amide bonds. The summed E-state index contributed by atoms with van der Waals surface area (Å²) in [7, 11) is 1.60. The molecule has 0 saturated heterocycles. The summed E-state index contributed by atoms with van der Waals surface area (Å²) in [4.78, 5) is 11.3. The molecule has 19 heavy (non-hydrogen) atoms. The smallest absolute Gasteiger partial charge is 0.311 e. The first-order valence-corrected chi connectivity index (χ1v) is 6.28. The average molecular weight is 267 g/mol. The van der Waals surface area contributed by atoms with Gasteiger partial charge in [-0.1, -0.05) is 6.92 Å². The third-order valence-corrected chi connectivity index (χ3v) is 3.43. The van der Waals surface area contributed by atoms with Gasteiger partial charge in [0.05, 0.1) is 19.1 Å². The molecule has 0 saturated carbocycles. The molecule has 0 aliphatic rings. The second-order valence-corrected chi connectivity index (χ2v) is 4.42. The highest BCUT2D eigenvalue weighted by atomic mass is 16.5. The second-order valence-electron chi connectivity index (χ2n) is 4.42. The lowest BCUT2D eigenvalue weighted by Crippen LogP contribution is -2.39. The Morgan fingerprint density at radius 3 is 2.32 bits per heavy atom. The molecule has 1 aromatic rings. The molecule has 5 heteroatoms. The van der Waals surface area contributed by atoms with Crippen LogP contribution in [-0.4, -0.2) is 31.3 Å². The molecule has 3 N–H and O–H groups in total. The molecule has 0 aromatic heterocycles. The Kier molecular flexibility index (Phi) is 5.63. The Balaban J connectivity index is 2.54. The van der Waals surface area contributed by atoms with Gasteiger partial charge in [-0.3, -0.25) is 4.79 Å². The van der Waals surface area contributed by atoms with Crippen LogP contribution >= 0.6 is 0 Å². The highest BCUT2D eigenvalue weighted by Crippen LogP contribution is 2.26. The number of methoxy groups -OCH3 is 1. The van der Waals surface area contributed by atoms with E-state index in [4.69, 9.17) is 15.2 Å². The van der Waals surface area contributed by atoms with E-state index in [1.165, 1.54) is 0 Å². The number of nitrogens with two attached hydrogens (primary N) is 1. The lowest BCUT2D eigenvalue weighted by Gasteiger charge is -2.26. The molecule has 0 spiro atoms. The number of carboxylic acid groups (broad SMARTS) is 1. The summed E-state index contributed by atoms with van der Waals surface area (Å²) in [5.74, 6) is 0.576. The number of ether oxygens (including phenoxy) is 2. The van der Waals surface area contributed by atoms with Crippen LogP contribution in [0, 0.1) is 5.41 Å². The van der Waals surface area contributed by atoms with Crippen LogP contribution < -0.4 is 15.2 Å². The normalized spacial score (nSPS) is 13.6. The summed E-state index contributed by atoms with van der Waals surface area (Å²) in [5.41, 5.74) is 4.69. The fraction of sp³-hybridized carbons (Fsp3) is 0.500. The zero-order valence-corrected chi connectivity index (χ0v) is 11.4. The first-order chi connectivity index (χ1) is 9.07. The summed E-state index contributed by atoms with van der Waals surface area (Å²) in [6, 6.07) is 7.16. The molecule has 1 rings (SSSR count). The number of aliphatic carboxylic acids is 1. The highest BCUT2D eigenvalue weighted by Gasteiger charge is 2.35. The third kappa shape index (κ3) is 3.86. The van der Waals surface area contributed by atoms with Crippen LogP contribution in [0.2, 0.25) is 0 Å². The summed E-state index contributed by atoms with van der Waals surface area (Å²) in [6.45, 7) is 2.27. The fourth-order valence-corrected chi connectivity index (χ4v) is 1.80. The van der Waals surface area contributed by atoms with Gasteiger partial charge < -0.3 is 20.3 Å². The van der Waals surface area contributed by atoms with Gasteiger partial charge in [0, 0.05) is 6.54 Å². The van der Waals surface area contributed by atoms with E-state index >= 15 is 0 Å². The first kappa shape index (κ1) is 15.3. The topological polar surface area (TPSA) is 81.8 Å². The fourth-order valence-electron chi connectivity index (χ4n) is 1.80. The van der Waals surface area contributed by atoms with E-state index in [-0.39, 0.29) is 6.54 Å². The van der Waals surface area contributed by atoms with E-state index in [9.17, 15) is 9.90 Å². The van der Waals surface area contributed by atoms with Crippen LogP contribution in [-0.2, 0) is 4.79 Å². The van der Waals surface area contributed by atoms with Crippen molar-refractivity contribution in [2.45, 2.75) is 19.8 Å². The minimum absolute atomic E-state index is 0.116. The quantitative estimate of drug-likeness (QED) is 0.751. The molecule has 1 aromatic carbocycles. The number of hydrogen-bond donors (Lipinski definition) is 2. The molecule has 5 nitrogen and oxygen atoms in total. The Morgan fingerprint density at radius 2 is 1.89 bits per heavy atom. The molecule has 0 aliphatic carbocycles. The molecule has 0 heterocycles. The van der Waals surface area contributed by atoms with Crippen LogP contribution in [0.3, 0.4) is 0 Å². The Bertz CT molecular complexity index is 398. The number of carboxylic acids is 1. The third-order valence-electron chi connectivity index (χ3n) is 3.43. The van der Waals surface area contributed by atoms with E-state index < -0.39 is 11.4 Å². The van der Waals surface area contributed by atoms with Crippen molar-refractivity contribution in [3.63, 3.8) is 0 Å². The van der Waals surface area contributed by atoms with Gasteiger partial charge in [0.15, 0.2) is 0 Å². The molecular weight excluding hydrogens is 246 g/mol. The Morgan fingerprint density at radius 1 is 1.32 bits per heavy atom. The van der Waals surface area contributed by atoms with E-state index in [1.54, 1.807) is 31.4 Å². The van der Waals surface area contributed by atoms with E-state index in [1.807, 2.05) is 6.92 Å². The van der Waals surface area contributed by atoms with Gasteiger partial charge in [-0.2, -0.15) is 0 Å². The summed E-state index contributed by atoms with van der Waals surface area (Å²) < 4.78 is 10.6. The monoisotopic (exact) mass is 267 g/mol. The molecular formula is C14H21NO4. The number of carbonyl (C=O) groups is 1. The molecule has 106 valence electrons. The Labute approximate surface area is 113 Å². The van der Waals surface area contributed by atoms with Gasteiger partial charge in [0.25, 0.3) is 0 Å². The van der Waals surface area contributed by atoms with Gasteiger partial charge >= 0.3 is 5.97 Å². The van der Waals surface area contributed by atoms with Crippen LogP contribution in [0.4, 0.5) is 0 Å². The van der Waals surface area contributed by atoms with Crippen LogP contribution in [0.25, 0.3) is 0 Å². The molecule has 0 aliphatic heterocycles. The maximum atomic E-state index is 11.3. The molecule has 0 bridgehead atoms. The van der Waals surface area contributed by atoms with E-state index in [2.05, 4.69) is 0 Å². The van der Waals surface area contributed by atoms with Crippen molar-refractivity contribution < 1.29 is 19.4 Å². The van der Waals surface area contributed by atoms with Gasteiger partial charge in [0.2, 0.25) is 0 Å². The van der Waals surface area contributed by atoms with Gasteiger partial charge in [-0.25, -0.2) is 0 Å². The van der Waals surface area contributed by atoms with E-state index in [0.717, 1.165) is 5.75 Å². The second kappa shape index (κ2) is 6.99. The summed E-state index contributed by atoms with van der Waals surface area (Å²) in [6.07, 6.45) is 0.881. The predicted molar refractivity (Wildman–Crippen MR) is 72.5 cm³/mol. The Hall–Kier alpha value is -1.75. The van der Waals surface area contributed by atoms with Crippen molar-refractivity contribution in [3.05, 3.63) is 24.3 Å². The lowest BCUT2D eigenvalue weighted by atomic mass is 9.82. The van der Waals surface area contributed by atoms with Gasteiger partial charge in [0.1, 0.15) is 11.5 Å². The maximum Gasteiger partial charge on any atom is 0.311 e. The standard InChI is InChI=1S/C14H21NO4/c1-3-14(10-15,13(16)17)8-9-19-12-6-4-11(18-2)5-7-12/h4-7H,3,8-10,15H2,1-2H3,(H,16,17). The van der Waals surface area contributed by atoms with Gasteiger partial charge in [-0.15, -0.1) is 0 Å². The predicted octanol–water partition coefficient (Wildman–Crippen LogP) is 1.90. The number of benzene rings is 1. The lowest BCUT2D eigenvalue weighted by molar-refractivity contribution is -0.149. The zero-order valence-electron chi connectivity index (χ0n) is 11.4. The average Bonchev–Trinajstić information content (AvgIpc) is 2.44. The number of rotatable bonds is 8. The van der Waals surface area contributed by atoms with Crippen molar-refractivity contribution in [2.75, 3.05) is 20.3 Å². The minimum atomic E-state index is -0.896. The molecule has 1 atom stereocenters. The van der Waals surface area contributed by atoms with Crippen molar-refractivity contribution in [3.8, 4) is 11.5 Å². The van der Waals surface area contributed by atoms with Gasteiger partial charge in [-0.05, 0) is 37.1 Å². The summed E-state index contributed by atoms with van der Waals surface area (Å²) >= 11 is 0. The number of hydrogen-bond acceptors (Lipinski definition) is 4. The van der Waals surface area contributed by atoms with Crippen LogP contribution in [0.15, 0.2) is 24.3 Å². The van der Waals surface area contributed by atoms with Crippen molar-refractivity contribution >= 4 is 5.97 Å².